The summed E-state index contributed by atoms with van der Waals surface area (Å²) in [6.07, 6.45) is 5.15. The number of sulfonamides is 2. The summed E-state index contributed by atoms with van der Waals surface area (Å²) in [7, 11) is -7.39. The number of amides is 1. The molecule has 1 amide bonds. The summed E-state index contributed by atoms with van der Waals surface area (Å²) in [6.45, 7) is 1.06. The van der Waals surface area contributed by atoms with Crippen molar-refractivity contribution in [1.29, 1.82) is 0 Å². The first-order valence-electron chi connectivity index (χ1n) is 10.1. The van der Waals surface area contributed by atoms with E-state index < -0.39 is 26.0 Å². The maximum Gasteiger partial charge on any atom is 0.269 e. The van der Waals surface area contributed by atoms with E-state index in [0.717, 1.165) is 30.0 Å². The summed E-state index contributed by atoms with van der Waals surface area (Å²) >= 11 is 1.27. The molecular formula is C20H23N3O5S3. The molecular weight excluding hydrogens is 458 g/mol. The Balaban J connectivity index is 1.39. The molecule has 31 heavy (non-hydrogen) atoms. The van der Waals surface area contributed by atoms with E-state index in [1.54, 1.807) is 18.2 Å². The Hall–Kier alpha value is -1.95. The van der Waals surface area contributed by atoms with Crippen LogP contribution in [0.1, 0.15) is 36.0 Å². The SMILES string of the molecule is O=C1c2ccccc2S(=O)(=O)N1CCSc1ccc(S(=O)(=O)N2CCCCCC2)cn1. The zero-order valence-corrected chi connectivity index (χ0v) is 19.3. The number of aromatic nitrogens is 1. The number of rotatable bonds is 6. The van der Waals surface area contributed by atoms with Crippen molar-refractivity contribution in [2.24, 2.45) is 0 Å². The van der Waals surface area contributed by atoms with Crippen molar-refractivity contribution in [2.75, 3.05) is 25.4 Å². The molecule has 0 aliphatic carbocycles. The second kappa shape index (κ2) is 8.89. The molecule has 0 bridgehead atoms. The molecule has 2 aliphatic heterocycles. The first-order chi connectivity index (χ1) is 14.8. The molecule has 2 aromatic rings. The Morgan fingerprint density at radius 3 is 2.35 bits per heavy atom. The van der Waals surface area contributed by atoms with Crippen LogP contribution in [-0.4, -0.2) is 61.7 Å². The molecule has 11 heteroatoms. The summed E-state index contributed by atoms with van der Waals surface area (Å²) in [5.41, 5.74) is 0.189. The molecule has 8 nitrogen and oxygen atoms in total. The van der Waals surface area contributed by atoms with E-state index in [-0.39, 0.29) is 21.9 Å². The van der Waals surface area contributed by atoms with E-state index in [0.29, 0.717) is 23.9 Å². The lowest BCUT2D eigenvalue weighted by atomic mass is 10.2. The normalized spacial score (nSPS) is 19.2. The van der Waals surface area contributed by atoms with Crippen molar-refractivity contribution in [2.45, 2.75) is 40.5 Å². The number of pyridine rings is 1. The van der Waals surface area contributed by atoms with Crippen LogP contribution >= 0.6 is 11.8 Å². The molecule has 2 aliphatic rings. The Morgan fingerprint density at radius 1 is 1.00 bits per heavy atom. The molecule has 0 radical (unpaired) electrons. The highest BCUT2D eigenvalue weighted by Crippen LogP contribution is 2.30. The van der Waals surface area contributed by atoms with Gasteiger partial charge in [0.15, 0.2) is 0 Å². The van der Waals surface area contributed by atoms with Crippen LogP contribution in [0.25, 0.3) is 0 Å². The standard InChI is InChI=1S/C20H23N3O5S3/c24-20-17-7-3-4-8-18(17)31(27,28)23(20)13-14-29-19-10-9-16(15-21-19)30(25,26)22-11-5-1-2-6-12-22/h3-4,7-10,15H,1-2,5-6,11-14H2. The van der Waals surface area contributed by atoms with Gasteiger partial charge in [0.05, 0.1) is 10.6 Å². The van der Waals surface area contributed by atoms with Crippen LogP contribution in [-0.2, 0) is 20.0 Å². The number of nitrogens with zero attached hydrogens (tertiary/aromatic N) is 3. The highest BCUT2D eigenvalue weighted by Gasteiger charge is 2.40. The molecule has 0 N–H and O–H groups in total. The smallest absolute Gasteiger partial charge is 0.268 e. The van der Waals surface area contributed by atoms with Gasteiger partial charge >= 0.3 is 0 Å². The second-order valence-electron chi connectivity index (χ2n) is 7.38. The molecule has 4 rings (SSSR count). The van der Waals surface area contributed by atoms with Crippen LogP contribution in [0.15, 0.2) is 57.4 Å². The number of carbonyl (C=O) groups excluding carboxylic acids is 1. The van der Waals surface area contributed by atoms with Gasteiger partial charge in [0, 0.05) is 31.6 Å². The van der Waals surface area contributed by atoms with E-state index in [1.807, 2.05) is 0 Å². The number of benzene rings is 1. The lowest BCUT2D eigenvalue weighted by Gasteiger charge is -2.19. The number of hydrogen-bond acceptors (Lipinski definition) is 7. The lowest BCUT2D eigenvalue weighted by molar-refractivity contribution is 0.0876. The van der Waals surface area contributed by atoms with E-state index in [9.17, 15) is 21.6 Å². The maximum atomic E-state index is 12.8. The fourth-order valence-electron chi connectivity index (χ4n) is 3.72. The molecule has 0 saturated carbocycles. The largest absolute Gasteiger partial charge is 0.269 e. The molecule has 1 fully saturated rings. The third-order valence-electron chi connectivity index (χ3n) is 5.37. The Labute approximate surface area is 186 Å². The average Bonchev–Trinajstić information content (AvgIpc) is 2.97. The van der Waals surface area contributed by atoms with Crippen LogP contribution in [0.3, 0.4) is 0 Å². The predicted octanol–water partition coefficient (Wildman–Crippen LogP) is 2.58. The Bertz CT molecular complexity index is 1170. The van der Waals surface area contributed by atoms with E-state index in [1.165, 1.54) is 40.5 Å². The number of thioether (sulfide) groups is 1. The van der Waals surface area contributed by atoms with Gasteiger partial charge in [-0.1, -0.05) is 25.0 Å². The van der Waals surface area contributed by atoms with Crippen LogP contribution in [0.4, 0.5) is 0 Å². The highest BCUT2D eigenvalue weighted by molar-refractivity contribution is 7.99. The monoisotopic (exact) mass is 481 g/mol. The van der Waals surface area contributed by atoms with Crippen molar-refractivity contribution in [1.82, 2.24) is 13.6 Å². The molecule has 0 atom stereocenters. The van der Waals surface area contributed by atoms with Crippen molar-refractivity contribution >= 4 is 37.7 Å². The van der Waals surface area contributed by atoms with Crippen molar-refractivity contribution in [3.8, 4) is 0 Å². The molecule has 1 saturated heterocycles. The van der Waals surface area contributed by atoms with Crippen molar-refractivity contribution < 1.29 is 21.6 Å². The first kappa shape index (κ1) is 22.3. The fourth-order valence-corrected chi connectivity index (χ4v) is 7.64. The molecule has 1 aromatic carbocycles. The molecule has 166 valence electrons. The van der Waals surface area contributed by atoms with Crippen LogP contribution in [0.2, 0.25) is 0 Å². The number of hydrogen-bond donors (Lipinski definition) is 0. The first-order valence-corrected chi connectivity index (χ1v) is 13.9. The molecule has 1 aromatic heterocycles. The number of carbonyl (C=O) groups is 1. The van der Waals surface area contributed by atoms with Gasteiger partial charge in [-0.05, 0) is 37.1 Å². The van der Waals surface area contributed by atoms with Crippen LogP contribution in [0.5, 0.6) is 0 Å². The summed E-state index contributed by atoms with van der Waals surface area (Å²) < 4.78 is 53.2. The molecule has 0 spiro atoms. The van der Waals surface area contributed by atoms with Gasteiger partial charge in [-0.15, -0.1) is 11.8 Å². The van der Waals surface area contributed by atoms with E-state index in [4.69, 9.17) is 0 Å². The van der Waals surface area contributed by atoms with Crippen LogP contribution in [0, 0.1) is 0 Å². The third kappa shape index (κ3) is 4.36. The van der Waals surface area contributed by atoms with Gasteiger partial charge in [0.1, 0.15) is 9.79 Å². The van der Waals surface area contributed by atoms with Crippen molar-refractivity contribution in [3.63, 3.8) is 0 Å². The van der Waals surface area contributed by atoms with Gasteiger partial charge in [0.25, 0.3) is 15.9 Å². The zero-order valence-electron chi connectivity index (χ0n) is 16.8. The van der Waals surface area contributed by atoms with Crippen molar-refractivity contribution in [3.05, 3.63) is 48.2 Å². The quantitative estimate of drug-likeness (QED) is 0.584. The minimum absolute atomic E-state index is 0.00994. The number of fused-ring (bicyclic) bond motifs is 1. The summed E-state index contributed by atoms with van der Waals surface area (Å²) in [5, 5.41) is 0.566. The lowest BCUT2D eigenvalue weighted by Crippen LogP contribution is -2.32. The van der Waals surface area contributed by atoms with Gasteiger partial charge in [-0.2, -0.15) is 4.31 Å². The fraction of sp³-hybridized carbons (Fsp3) is 0.400. The maximum absolute atomic E-state index is 12.8. The third-order valence-corrected chi connectivity index (χ3v) is 10.0. The summed E-state index contributed by atoms with van der Waals surface area (Å²) in [6, 6.07) is 9.31. The average molecular weight is 482 g/mol. The summed E-state index contributed by atoms with van der Waals surface area (Å²) in [5.74, 6) is -0.215. The van der Waals surface area contributed by atoms with Gasteiger partial charge < -0.3 is 0 Å². The Kier molecular flexibility index (Phi) is 6.38. The predicted molar refractivity (Wildman–Crippen MR) is 117 cm³/mol. The van der Waals surface area contributed by atoms with E-state index in [2.05, 4.69) is 4.98 Å². The zero-order chi connectivity index (χ0) is 22.1. The Morgan fingerprint density at radius 2 is 1.71 bits per heavy atom. The highest BCUT2D eigenvalue weighted by atomic mass is 32.2. The second-order valence-corrected chi connectivity index (χ2v) is 12.3. The topological polar surface area (TPSA) is 105 Å². The molecule has 0 unspecified atom stereocenters. The van der Waals surface area contributed by atoms with Gasteiger partial charge in [0.2, 0.25) is 10.0 Å². The van der Waals surface area contributed by atoms with Gasteiger partial charge in [-0.25, -0.2) is 26.1 Å². The minimum Gasteiger partial charge on any atom is -0.268 e. The van der Waals surface area contributed by atoms with E-state index >= 15 is 0 Å². The summed E-state index contributed by atoms with van der Waals surface area (Å²) in [4.78, 5) is 16.9. The van der Waals surface area contributed by atoms with Crippen LogP contribution < -0.4 is 0 Å². The minimum atomic E-state index is -3.83. The van der Waals surface area contributed by atoms with Gasteiger partial charge in [-0.3, -0.25) is 4.79 Å². The molecule has 3 heterocycles.